The molecule has 4 aromatic rings. The molecule has 1 aromatic carbocycles. The normalized spacial score (nSPS) is 16.3. The number of hydrogen-bond donors (Lipinski definition) is 1. The highest BCUT2D eigenvalue weighted by Gasteiger charge is 2.23. The molecule has 5 rings (SSSR count). The lowest BCUT2D eigenvalue weighted by molar-refractivity contribution is 0.291. The van der Waals surface area contributed by atoms with Crippen LogP contribution in [0.2, 0.25) is 5.02 Å². The predicted molar refractivity (Wildman–Crippen MR) is 104 cm³/mol. The zero-order valence-corrected chi connectivity index (χ0v) is 15.3. The van der Waals surface area contributed by atoms with E-state index in [4.69, 9.17) is 16.3 Å². The van der Waals surface area contributed by atoms with Gasteiger partial charge in [0, 0.05) is 5.02 Å². The summed E-state index contributed by atoms with van der Waals surface area (Å²) in [7, 11) is 0. The van der Waals surface area contributed by atoms with E-state index < -0.39 is 0 Å². The number of rotatable bonds is 1. The summed E-state index contributed by atoms with van der Waals surface area (Å²) in [6.45, 7) is 2.63. The Morgan fingerprint density at radius 1 is 1.31 bits per heavy atom. The Morgan fingerprint density at radius 3 is 2.92 bits per heavy atom. The molecule has 1 atom stereocenters. The highest BCUT2D eigenvalue weighted by atomic mass is 35.5. The molecule has 0 bridgehead atoms. The number of thiophene rings is 1. The maximum absolute atomic E-state index is 13.0. The van der Waals surface area contributed by atoms with E-state index in [2.05, 4.69) is 15.3 Å². The van der Waals surface area contributed by atoms with Gasteiger partial charge in [0.2, 0.25) is 0 Å². The van der Waals surface area contributed by atoms with E-state index >= 15 is 0 Å². The van der Waals surface area contributed by atoms with Crippen molar-refractivity contribution in [2.75, 3.05) is 11.9 Å². The first-order valence-electron chi connectivity index (χ1n) is 8.10. The fourth-order valence-corrected chi connectivity index (χ4v) is 4.28. The molecule has 0 spiro atoms. The van der Waals surface area contributed by atoms with Crippen LogP contribution in [-0.2, 0) is 0 Å². The topological polar surface area (TPSA) is 69.0 Å². The van der Waals surface area contributed by atoms with E-state index in [1.807, 2.05) is 6.92 Å². The largest absolute Gasteiger partial charge is 0.488 e. The van der Waals surface area contributed by atoms with Crippen molar-refractivity contribution in [2.24, 2.45) is 0 Å². The number of hydrogen-bond acceptors (Lipinski definition) is 6. The summed E-state index contributed by atoms with van der Waals surface area (Å²) in [5.41, 5.74) is 2.10. The second kappa shape index (κ2) is 5.69. The van der Waals surface area contributed by atoms with E-state index in [1.54, 1.807) is 36.8 Å². The molecule has 0 unspecified atom stereocenters. The maximum Gasteiger partial charge on any atom is 0.275 e. The number of nitrogens with one attached hydrogen (secondary N) is 1. The average Bonchev–Trinajstić information content (AvgIpc) is 3.03. The number of halogens is 1. The van der Waals surface area contributed by atoms with E-state index in [0.29, 0.717) is 27.6 Å². The second-order valence-electron chi connectivity index (χ2n) is 6.21. The molecular weight excluding hydrogens is 372 g/mol. The first kappa shape index (κ1) is 15.6. The van der Waals surface area contributed by atoms with Crippen LogP contribution in [0.3, 0.4) is 0 Å². The van der Waals surface area contributed by atoms with Gasteiger partial charge in [-0.1, -0.05) is 11.6 Å². The first-order chi connectivity index (χ1) is 12.6. The minimum absolute atomic E-state index is 0.126. The standard InChI is InChI=1S/C18H13ClN4O2S/c1-9-7-25-12-6-20-17-13(14(12)22-9)15-16(26-17)18(24)23(8-21-15)11-4-2-10(19)3-5-11/h2-6,8-9,22H,7H2,1H3/t9-/m0/s1. The molecule has 3 aromatic heterocycles. The van der Waals surface area contributed by atoms with Crippen LogP contribution in [0.4, 0.5) is 5.69 Å². The van der Waals surface area contributed by atoms with Crippen LogP contribution in [0, 0.1) is 0 Å². The second-order valence-corrected chi connectivity index (χ2v) is 7.65. The lowest BCUT2D eigenvalue weighted by Crippen LogP contribution is -2.28. The number of aromatic nitrogens is 3. The Bertz CT molecular complexity index is 1220. The van der Waals surface area contributed by atoms with Crippen LogP contribution in [0.5, 0.6) is 5.75 Å². The summed E-state index contributed by atoms with van der Waals surface area (Å²) in [4.78, 5) is 22.8. The van der Waals surface area contributed by atoms with Gasteiger partial charge in [-0.15, -0.1) is 11.3 Å². The quantitative estimate of drug-likeness (QED) is 0.540. The third-order valence-electron chi connectivity index (χ3n) is 4.36. The van der Waals surface area contributed by atoms with E-state index in [1.165, 1.54) is 15.9 Å². The zero-order valence-electron chi connectivity index (χ0n) is 13.7. The highest BCUT2D eigenvalue weighted by molar-refractivity contribution is 7.25. The number of ether oxygens (including phenoxy) is 1. The molecule has 0 fully saturated rings. The number of benzene rings is 1. The molecule has 0 saturated heterocycles. The van der Waals surface area contributed by atoms with E-state index in [-0.39, 0.29) is 11.6 Å². The van der Waals surface area contributed by atoms with Crippen LogP contribution >= 0.6 is 22.9 Å². The Labute approximate surface area is 157 Å². The monoisotopic (exact) mass is 384 g/mol. The molecule has 1 aliphatic heterocycles. The Morgan fingerprint density at radius 2 is 2.12 bits per heavy atom. The van der Waals surface area contributed by atoms with Gasteiger partial charge in [0.05, 0.1) is 29.0 Å². The molecule has 1 aliphatic rings. The SMILES string of the molecule is C[C@H]1COc2cnc3sc4c(=O)n(-c5ccc(Cl)cc5)cnc4c3c2N1. The van der Waals surface area contributed by atoms with Crippen molar-refractivity contribution >= 4 is 49.1 Å². The molecule has 6 nitrogen and oxygen atoms in total. The van der Waals surface area contributed by atoms with Gasteiger partial charge in [-0.25, -0.2) is 9.97 Å². The summed E-state index contributed by atoms with van der Waals surface area (Å²) in [6.07, 6.45) is 3.25. The molecule has 8 heteroatoms. The Kier molecular flexibility index (Phi) is 3.41. The van der Waals surface area contributed by atoms with Gasteiger partial charge < -0.3 is 10.1 Å². The van der Waals surface area contributed by atoms with Crippen LogP contribution in [-0.4, -0.2) is 27.2 Å². The minimum Gasteiger partial charge on any atom is -0.488 e. The summed E-state index contributed by atoms with van der Waals surface area (Å²) in [5, 5.41) is 4.89. The molecular formula is C18H13ClN4O2S. The Hall–Kier alpha value is -2.64. The number of nitrogens with zero attached hydrogens (tertiary/aromatic N) is 3. The van der Waals surface area contributed by atoms with Gasteiger partial charge in [0.15, 0.2) is 5.75 Å². The molecule has 1 N–H and O–H groups in total. The fourth-order valence-electron chi connectivity index (χ4n) is 3.12. The molecule has 0 saturated carbocycles. The first-order valence-corrected chi connectivity index (χ1v) is 9.29. The van der Waals surface area contributed by atoms with Crippen molar-refractivity contribution < 1.29 is 4.74 Å². The van der Waals surface area contributed by atoms with Crippen molar-refractivity contribution in [1.82, 2.24) is 14.5 Å². The zero-order chi connectivity index (χ0) is 17.8. The van der Waals surface area contributed by atoms with Gasteiger partial charge in [-0.3, -0.25) is 9.36 Å². The van der Waals surface area contributed by atoms with Gasteiger partial charge in [-0.05, 0) is 31.2 Å². The third kappa shape index (κ3) is 2.28. The third-order valence-corrected chi connectivity index (χ3v) is 5.69. The van der Waals surface area contributed by atoms with Crippen LogP contribution in [0.1, 0.15) is 6.92 Å². The molecule has 130 valence electrons. The summed E-state index contributed by atoms with van der Waals surface area (Å²) < 4.78 is 7.84. The smallest absolute Gasteiger partial charge is 0.275 e. The van der Waals surface area contributed by atoms with Gasteiger partial charge >= 0.3 is 0 Å². The molecule has 26 heavy (non-hydrogen) atoms. The maximum atomic E-state index is 13.0. The van der Waals surface area contributed by atoms with Crippen LogP contribution in [0.15, 0.2) is 41.6 Å². The molecule has 0 aliphatic carbocycles. The van der Waals surface area contributed by atoms with Crippen LogP contribution in [0.25, 0.3) is 26.1 Å². The number of fused-ring (bicyclic) bond motifs is 5. The van der Waals surface area contributed by atoms with Crippen molar-refractivity contribution in [3.63, 3.8) is 0 Å². The Balaban J connectivity index is 1.79. The highest BCUT2D eigenvalue weighted by Crippen LogP contribution is 2.41. The lowest BCUT2D eigenvalue weighted by atomic mass is 10.2. The lowest BCUT2D eigenvalue weighted by Gasteiger charge is -2.24. The molecule has 0 amide bonds. The average molecular weight is 385 g/mol. The van der Waals surface area contributed by atoms with Gasteiger partial charge in [0.1, 0.15) is 28.0 Å². The summed E-state index contributed by atoms with van der Waals surface area (Å²) in [5.74, 6) is 0.693. The fraction of sp³-hybridized carbons (Fsp3) is 0.167. The van der Waals surface area contributed by atoms with Crippen LogP contribution < -0.4 is 15.6 Å². The van der Waals surface area contributed by atoms with Gasteiger partial charge in [-0.2, -0.15) is 0 Å². The molecule has 4 heterocycles. The van der Waals surface area contributed by atoms with Crippen molar-refractivity contribution in [3.8, 4) is 11.4 Å². The summed E-state index contributed by atoms with van der Waals surface area (Å²) >= 11 is 7.28. The summed E-state index contributed by atoms with van der Waals surface area (Å²) in [6, 6.07) is 7.26. The predicted octanol–water partition coefficient (Wildman–Crippen LogP) is 3.84. The van der Waals surface area contributed by atoms with Crippen molar-refractivity contribution in [1.29, 1.82) is 0 Å². The van der Waals surface area contributed by atoms with E-state index in [9.17, 15) is 4.79 Å². The molecule has 0 radical (unpaired) electrons. The van der Waals surface area contributed by atoms with Gasteiger partial charge in [0.25, 0.3) is 5.56 Å². The van der Waals surface area contributed by atoms with Crippen molar-refractivity contribution in [2.45, 2.75) is 13.0 Å². The minimum atomic E-state index is -0.126. The van der Waals surface area contributed by atoms with E-state index in [0.717, 1.165) is 21.6 Å². The van der Waals surface area contributed by atoms with Crippen molar-refractivity contribution in [3.05, 3.63) is 52.2 Å². The number of pyridine rings is 1. The number of anilines is 1.